The van der Waals surface area contributed by atoms with Crippen molar-refractivity contribution in [1.29, 1.82) is 0 Å². The van der Waals surface area contributed by atoms with E-state index in [-0.39, 0.29) is 0 Å². The lowest BCUT2D eigenvalue weighted by molar-refractivity contribution is 0.100. The summed E-state index contributed by atoms with van der Waals surface area (Å²) in [4.78, 5) is 10.9. The van der Waals surface area contributed by atoms with Gasteiger partial charge in [0.25, 0.3) is 0 Å². The van der Waals surface area contributed by atoms with Crippen molar-refractivity contribution in [3.05, 3.63) is 29.8 Å². The topological polar surface area (TPSA) is 83.7 Å². The van der Waals surface area contributed by atoms with Gasteiger partial charge in [-0.1, -0.05) is 0 Å². The van der Waals surface area contributed by atoms with Gasteiger partial charge in [-0.25, -0.2) is 0 Å². The van der Waals surface area contributed by atoms with Crippen LogP contribution in [0.5, 0.6) is 0 Å². The molecule has 0 fully saturated rings. The van der Waals surface area contributed by atoms with Crippen molar-refractivity contribution in [2.24, 2.45) is 5.73 Å². The molecule has 1 aromatic carbocycles. The molecule has 17 heavy (non-hydrogen) atoms. The van der Waals surface area contributed by atoms with E-state index < -0.39 is 16.1 Å². The zero-order chi connectivity index (χ0) is 13.2. The summed E-state index contributed by atoms with van der Waals surface area (Å²) < 4.78 is 25.8. The smallest absolute Gasteiger partial charge is 0.303 e. The van der Waals surface area contributed by atoms with Gasteiger partial charge in [0.1, 0.15) is 0 Å². The third-order valence-corrected chi connectivity index (χ3v) is 4.15. The van der Waals surface area contributed by atoms with Crippen LogP contribution in [0.1, 0.15) is 10.4 Å². The minimum absolute atomic E-state index is 0.337. The number of hydrogen-bond acceptors (Lipinski definition) is 3. The summed E-state index contributed by atoms with van der Waals surface area (Å²) in [7, 11) is 0.823. The second-order valence-electron chi connectivity index (χ2n) is 3.67. The van der Waals surface area contributed by atoms with Crippen LogP contribution in [-0.4, -0.2) is 39.8 Å². The highest BCUT2D eigenvalue weighted by Crippen LogP contribution is 2.17. The molecule has 6 nitrogen and oxygen atoms in total. The number of carbonyl (C=O) groups excluding carboxylic acids is 1. The zero-order valence-corrected chi connectivity index (χ0v) is 10.7. The van der Waals surface area contributed by atoms with E-state index in [0.717, 1.165) is 8.61 Å². The fourth-order valence-corrected chi connectivity index (χ4v) is 2.09. The van der Waals surface area contributed by atoms with Crippen molar-refractivity contribution in [2.75, 3.05) is 25.4 Å². The van der Waals surface area contributed by atoms with Crippen LogP contribution in [0.25, 0.3) is 0 Å². The Balaban J connectivity index is 3.06. The average molecular weight is 257 g/mol. The first-order valence-corrected chi connectivity index (χ1v) is 6.22. The van der Waals surface area contributed by atoms with Crippen molar-refractivity contribution in [3.63, 3.8) is 0 Å². The summed E-state index contributed by atoms with van der Waals surface area (Å²) in [5.41, 5.74) is 5.89. The molecule has 0 aliphatic heterocycles. The molecule has 0 saturated heterocycles. The molecule has 0 spiro atoms. The highest BCUT2D eigenvalue weighted by molar-refractivity contribution is 7.90. The molecule has 0 aliphatic carbocycles. The van der Waals surface area contributed by atoms with E-state index in [1.807, 2.05) is 0 Å². The zero-order valence-electron chi connectivity index (χ0n) is 9.91. The Morgan fingerprint density at radius 3 is 1.94 bits per heavy atom. The fourth-order valence-electron chi connectivity index (χ4n) is 1.21. The van der Waals surface area contributed by atoms with Crippen molar-refractivity contribution in [1.82, 2.24) is 4.31 Å². The predicted molar refractivity (Wildman–Crippen MR) is 66.0 cm³/mol. The lowest BCUT2D eigenvalue weighted by Gasteiger charge is -2.23. The Bertz CT molecular complexity index is 508. The van der Waals surface area contributed by atoms with Crippen LogP contribution in [0.2, 0.25) is 0 Å². The average Bonchev–Trinajstić information content (AvgIpc) is 2.27. The molecule has 0 unspecified atom stereocenters. The summed E-state index contributed by atoms with van der Waals surface area (Å²) in [5.74, 6) is -0.547. The Kier molecular flexibility index (Phi) is 3.74. The number of nitrogens with zero attached hydrogens (tertiary/aromatic N) is 2. The lowest BCUT2D eigenvalue weighted by atomic mass is 10.2. The second-order valence-corrected chi connectivity index (χ2v) is 5.84. The SMILES string of the molecule is CN(C)S(=O)(=O)N(C)c1ccc(C(N)=O)cc1. The summed E-state index contributed by atoms with van der Waals surface area (Å²) >= 11 is 0. The minimum atomic E-state index is -3.51. The van der Waals surface area contributed by atoms with E-state index in [1.165, 1.54) is 45.4 Å². The summed E-state index contributed by atoms with van der Waals surface area (Å²) in [6.07, 6.45) is 0. The molecular weight excluding hydrogens is 242 g/mol. The number of rotatable bonds is 4. The molecule has 94 valence electrons. The molecule has 0 radical (unpaired) electrons. The standard InChI is InChI=1S/C10H15N3O3S/c1-12(2)17(15,16)13(3)9-6-4-8(5-7-9)10(11)14/h4-7H,1-3H3,(H2,11,14). The lowest BCUT2D eigenvalue weighted by Crippen LogP contribution is -2.37. The Morgan fingerprint density at radius 2 is 1.59 bits per heavy atom. The maximum absolute atomic E-state index is 11.8. The van der Waals surface area contributed by atoms with Gasteiger partial charge in [0, 0.05) is 26.7 Å². The number of hydrogen-bond donors (Lipinski definition) is 1. The monoisotopic (exact) mass is 257 g/mol. The first kappa shape index (κ1) is 13.5. The van der Waals surface area contributed by atoms with Gasteiger partial charge in [0.2, 0.25) is 5.91 Å². The molecule has 1 amide bonds. The van der Waals surface area contributed by atoms with Crippen LogP contribution in [0.4, 0.5) is 5.69 Å². The summed E-state index contributed by atoms with van der Waals surface area (Å²) in [6.45, 7) is 0. The number of primary amides is 1. The maximum atomic E-state index is 11.8. The van der Waals surface area contributed by atoms with Gasteiger partial charge in [0.15, 0.2) is 0 Å². The van der Waals surface area contributed by atoms with Gasteiger partial charge < -0.3 is 5.73 Å². The Hall–Kier alpha value is -1.60. The normalized spacial score (nSPS) is 11.5. The number of nitrogens with two attached hydrogens (primary N) is 1. The van der Waals surface area contributed by atoms with Crippen LogP contribution < -0.4 is 10.0 Å². The van der Waals surface area contributed by atoms with Crippen LogP contribution in [0, 0.1) is 0 Å². The maximum Gasteiger partial charge on any atom is 0.303 e. The predicted octanol–water partition coefficient (Wildman–Crippen LogP) is 0.0281. The molecule has 1 rings (SSSR count). The van der Waals surface area contributed by atoms with E-state index in [4.69, 9.17) is 5.73 Å². The molecule has 0 atom stereocenters. The second kappa shape index (κ2) is 4.72. The molecule has 0 aromatic heterocycles. The molecule has 1 aromatic rings. The van der Waals surface area contributed by atoms with E-state index in [0.29, 0.717) is 11.3 Å². The highest BCUT2D eigenvalue weighted by Gasteiger charge is 2.20. The van der Waals surface area contributed by atoms with Gasteiger partial charge in [-0.15, -0.1) is 0 Å². The third-order valence-electron chi connectivity index (χ3n) is 2.32. The molecule has 7 heteroatoms. The van der Waals surface area contributed by atoms with Crippen molar-refractivity contribution in [3.8, 4) is 0 Å². The van der Waals surface area contributed by atoms with Crippen LogP contribution in [0.15, 0.2) is 24.3 Å². The number of benzene rings is 1. The quantitative estimate of drug-likeness (QED) is 0.825. The molecule has 0 heterocycles. The summed E-state index contributed by atoms with van der Waals surface area (Å²) in [5, 5.41) is 0. The van der Waals surface area contributed by atoms with Gasteiger partial charge in [0.05, 0.1) is 5.69 Å². The number of carbonyl (C=O) groups is 1. The van der Waals surface area contributed by atoms with E-state index in [9.17, 15) is 13.2 Å². The highest BCUT2D eigenvalue weighted by atomic mass is 32.2. The number of amides is 1. The van der Waals surface area contributed by atoms with Crippen molar-refractivity contribution >= 4 is 21.8 Å². The van der Waals surface area contributed by atoms with Gasteiger partial charge in [-0.05, 0) is 24.3 Å². The third kappa shape index (κ3) is 2.75. The number of anilines is 1. The van der Waals surface area contributed by atoms with Gasteiger partial charge in [-0.2, -0.15) is 12.7 Å². The minimum Gasteiger partial charge on any atom is -0.366 e. The van der Waals surface area contributed by atoms with E-state index in [2.05, 4.69) is 0 Å². The van der Waals surface area contributed by atoms with Crippen LogP contribution in [-0.2, 0) is 10.2 Å². The largest absolute Gasteiger partial charge is 0.366 e. The van der Waals surface area contributed by atoms with Crippen molar-refractivity contribution in [2.45, 2.75) is 0 Å². The fraction of sp³-hybridized carbons (Fsp3) is 0.300. The molecular formula is C10H15N3O3S. The Labute approximate surface area is 101 Å². The molecule has 0 bridgehead atoms. The van der Waals surface area contributed by atoms with Crippen molar-refractivity contribution < 1.29 is 13.2 Å². The van der Waals surface area contributed by atoms with Gasteiger partial charge in [-0.3, -0.25) is 9.10 Å². The summed E-state index contributed by atoms with van der Waals surface area (Å²) in [6, 6.07) is 6.03. The van der Waals surface area contributed by atoms with Crippen LogP contribution >= 0.6 is 0 Å². The van der Waals surface area contributed by atoms with Crippen LogP contribution in [0.3, 0.4) is 0 Å². The van der Waals surface area contributed by atoms with Gasteiger partial charge >= 0.3 is 10.2 Å². The molecule has 0 aliphatic rings. The van der Waals surface area contributed by atoms with E-state index >= 15 is 0 Å². The first-order chi connectivity index (χ1) is 7.76. The molecule has 0 saturated carbocycles. The Morgan fingerprint density at radius 1 is 1.12 bits per heavy atom. The molecule has 2 N–H and O–H groups in total. The first-order valence-electron chi connectivity index (χ1n) is 4.83. The van der Waals surface area contributed by atoms with E-state index in [1.54, 1.807) is 0 Å².